The number of carboxylic acids is 1. The number of hydrogen-bond donors (Lipinski definition) is 1. The van der Waals surface area contributed by atoms with Gasteiger partial charge in [-0.1, -0.05) is 0 Å². The van der Waals surface area contributed by atoms with Gasteiger partial charge in [-0.2, -0.15) is 5.26 Å². The van der Waals surface area contributed by atoms with Gasteiger partial charge in [0.15, 0.2) is 0 Å². The molecule has 0 radical (unpaired) electrons. The summed E-state index contributed by atoms with van der Waals surface area (Å²) >= 11 is 0. The zero-order chi connectivity index (χ0) is 10.0. The van der Waals surface area contributed by atoms with Gasteiger partial charge in [-0.15, -0.1) is 0 Å². The van der Waals surface area contributed by atoms with Crippen molar-refractivity contribution in [2.75, 3.05) is 6.54 Å². The molecule has 72 valence electrons. The van der Waals surface area contributed by atoms with Crippen molar-refractivity contribution in [3.63, 3.8) is 0 Å². The monoisotopic (exact) mass is 182 g/mol. The zero-order valence-electron chi connectivity index (χ0n) is 7.90. The summed E-state index contributed by atoms with van der Waals surface area (Å²) in [6.45, 7) is 4.40. The molecule has 0 saturated carbocycles. The van der Waals surface area contributed by atoms with Crippen molar-refractivity contribution in [2.45, 2.75) is 32.4 Å². The summed E-state index contributed by atoms with van der Waals surface area (Å²) in [6, 6.07) is 1.93. The first-order valence-corrected chi connectivity index (χ1v) is 4.46. The van der Waals surface area contributed by atoms with Gasteiger partial charge in [-0.05, 0) is 20.3 Å². The van der Waals surface area contributed by atoms with Crippen LogP contribution >= 0.6 is 0 Å². The van der Waals surface area contributed by atoms with Gasteiger partial charge in [0.25, 0.3) is 0 Å². The summed E-state index contributed by atoms with van der Waals surface area (Å²) < 4.78 is 0. The molecule has 0 aromatic heterocycles. The minimum atomic E-state index is -0.750. The van der Waals surface area contributed by atoms with Gasteiger partial charge >= 0.3 is 5.97 Å². The summed E-state index contributed by atoms with van der Waals surface area (Å²) in [6.07, 6.45) is 0.655. The lowest BCUT2D eigenvalue weighted by Gasteiger charge is -2.24. The third-order valence-electron chi connectivity index (χ3n) is 2.81. The lowest BCUT2D eigenvalue weighted by molar-refractivity contribution is -0.142. The molecule has 0 aromatic carbocycles. The lowest BCUT2D eigenvalue weighted by atomic mass is 10.0. The molecule has 0 aromatic rings. The van der Waals surface area contributed by atoms with E-state index in [0.717, 1.165) is 0 Å². The average Bonchev–Trinajstić information content (AvgIpc) is 2.46. The third kappa shape index (κ3) is 1.81. The largest absolute Gasteiger partial charge is 0.481 e. The van der Waals surface area contributed by atoms with Crippen LogP contribution in [-0.2, 0) is 4.79 Å². The van der Waals surface area contributed by atoms with Crippen molar-refractivity contribution in [1.29, 1.82) is 5.26 Å². The van der Waals surface area contributed by atoms with E-state index in [0.29, 0.717) is 13.0 Å². The van der Waals surface area contributed by atoms with E-state index in [2.05, 4.69) is 6.07 Å². The molecular weight excluding hydrogens is 168 g/mol. The second kappa shape index (κ2) is 3.75. The molecule has 1 aliphatic heterocycles. The van der Waals surface area contributed by atoms with E-state index in [4.69, 9.17) is 10.4 Å². The van der Waals surface area contributed by atoms with Crippen molar-refractivity contribution in [2.24, 2.45) is 5.92 Å². The smallest absolute Gasteiger partial charge is 0.308 e. The summed E-state index contributed by atoms with van der Waals surface area (Å²) in [7, 11) is 0. The molecule has 0 bridgehead atoms. The summed E-state index contributed by atoms with van der Waals surface area (Å²) in [4.78, 5) is 12.7. The fourth-order valence-electron chi connectivity index (χ4n) is 1.91. The highest BCUT2D eigenvalue weighted by atomic mass is 16.4. The van der Waals surface area contributed by atoms with Crippen LogP contribution in [-0.4, -0.2) is 34.6 Å². The van der Waals surface area contributed by atoms with Crippen LogP contribution < -0.4 is 0 Å². The Bertz CT molecular complexity index is 246. The Hall–Kier alpha value is -1.08. The number of nitrogens with zero attached hydrogens (tertiary/aromatic N) is 2. The van der Waals surface area contributed by atoms with Gasteiger partial charge in [0.2, 0.25) is 0 Å². The molecule has 0 amide bonds. The van der Waals surface area contributed by atoms with Crippen molar-refractivity contribution < 1.29 is 9.90 Å². The van der Waals surface area contributed by atoms with Crippen LogP contribution in [0.5, 0.6) is 0 Å². The van der Waals surface area contributed by atoms with Crippen molar-refractivity contribution in [1.82, 2.24) is 4.90 Å². The highest BCUT2D eigenvalue weighted by molar-refractivity contribution is 5.71. The SMILES string of the molecule is CC(C#N)N1CCC(C(=O)O)C1C. The normalized spacial score (nSPS) is 31.2. The van der Waals surface area contributed by atoms with E-state index >= 15 is 0 Å². The number of nitriles is 1. The van der Waals surface area contributed by atoms with Gasteiger partial charge in [0.1, 0.15) is 0 Å². The molecule has 0 spiro atoms. The molecule has 1 rings (SSSR count). The number of hydrogen-bond acceptors (Lipinski definition) is 3. The maximum Gasteiger partial charge on any atom is 0.308 e. The van der Waals surface area contributed by atoms with E-state index in [1.54, 1.807) is 6.92 Å². The van der Waals surface area contributed by atoms with Gasteiger partial charge in [-0.3, -0.25) is 9.69 Å². The predicted octanol–water partition coefficient (Wildman–Crippen LogP) is 0.693. The molecule has 1 fully saturated rings. The lowest BCUT2D eigenvalue weighted by Crippen LogP contribution is -2.38. The molecule has 3 unspecified atom stereocenters. The van der Waals surface area contributed by atoms with Gasteiger partial charge in [0.05, 0.1) is 18.0 Å². The molecular formula is C9H14N2O2. The molecule has 4 nitrogen and oxygen atoms in total. The topological polar surface area (TPSA) is 64.3 Å². The van der Waals surface area contributed by atoms with Crippen molar-refractivity contribution in [3.8, 4) is 6.07 Å². The number of likely N-dealkylation sites (tertiary alicyclic amines) is 1. The van der Waals surface area contributed by atoms with Gasteiger partial charge < -0.3 is 5.11 Å². The Balaban J connectivity index is 2.66. The van der Waals surface area contributed by atoms with Crippen LogP contribution in [0, 0.1) is 17.2 Å². The first-order chi connectivity index (χ1) is 6.07. The molecule has 13 heavy (non-hydrogen) atoms. The van der Waals surface area contributed by atoms with Crippen LogP contribution in [0.25, 0.3) is 0 Å². The molecule has 1 saturated heterocycles. The van der Waals surface area contributed by atoms with Crippen LogP contribution in [0.2, 0.25) is 0 Å². The fourth-order valence-corrected chi connectivity index (χ4v) is 1.91. The summed E-state index contributed by atoms with van der Waals surface area (Å²) in [5.74, 6) is -1.06. The average molecular weight is 182 g/mol. The van der Waals surface area contributed by atoms with Crippen LogP contribution in [0.15, 0.2) is 0 Å². The fraction of sp³-hybridized carbons (Fsp3) is 0.778. The van der Waals surface area contributed by atoms with E-state index in [1.807, 2.05) is 11.8 Å². The summed E-state index contributed by atoms with van der Waals surface area (Å²) in [5, 5.41) is 17.5. The number of rotatable bonds is 2. The van der Waals surface area contributed by atoms with Crippen molar-refractivity contribution in [3.05, 3.63) is 0 Å². The Morgan fingerprint density at radius 1 is 1.77 bits per heavy atom. The molecule has 1 aliphatic rings. The molecule has 1 N–H and O–H groups in total. The van der Waals surface area contributed by atoms with Gasteiger partial charge in [0, 0.05) is 12.6 Å². The van der Waals surface area contributed by atoms with E-state index < -0.39 is 5.97 Å². The Kier molecular flexibility index (Phi) is 2.89. The Morgan fingerprint density at radius 2 is 2.38 bits per heavy atom. The number of aliphatic carboxylic acids is 1. The molecule has 1 heterocycles. The third-order valence-corrected chi connectivity index (χ3v) is 2.81. The molecule has 4 heteroatoms. The quantitative estimate of drug-likeness (QED) is 0.682. The first kappa shape index (κ1) is 10.0. The van der Waals surface area contributed by atoms with E-state index in [-0.39, 0.29) is 18.0 Å². The molecule has 0 aliphatic carbocycles. The standard InChI is InChI=1S/C9H14N2O2/c1-6(5-10)11-4-3-8(7(11)2)9(12)13/h6-8H,3-4H2,1-2H3,(H,12,13). The van der Waals surface area contributed by atoms with Crippen LogP contribution in [0.3, 0.4) is 0 Å². The van der Waals surface area contributed by atoms with E-state index in [9.17, 15) is 4.79 Å². The van der Waals surface area contributed by atoms with Gasteiger partial charge in [-0.25, -0.2) is 0 Å². The maximum atomic E-state index is 10.8. The van der Waals surface area contributed by atoms with Crippen LogP contribution in [0.1, 0.15) is 20.3 Å². The van der Waals surface area contributed by atoms with Crippen LogP contribution in [0.4, 0.5) is 0 Å². The number of carboxylic acid groups (broad SMARTS) is 1. The second-order valence-corrected chi connectivity index (χ2v) is 3.52. The minimum Gasteiger partial charge on any atom is -0.481 e. The van der Waals surface area contributed by atoms with E-state index in [1.165, 1.54) is 0 Å². The van der Waals surface area contributed by atoms with Crippen molar-refractivity contribution >= 4 is 5.97 Å². The Labute approximate surface area is 77.8 Å². The summed E-state index contributed by atoms with van der Waals surface area (Å²) in [5.41, 5.74) is 0. The molecule has 3 atom stereocenters. The maximum absolute atomic E-state index is 10.8. The highest BCUT2D eigenvalue weighted by Gasteiger charge is 2.37. The second-order valence-electron chi connectivity index (χ2n) is 3.52. The number of carbonyl (C=O) groups is 1. The predicted molar refractivity (Wildman–Crippen MR) is 47.0 cm³/mol. The zero-order valence-corrected chi connectivity index (χ0v) is 7.90. The minimum absolute atomic E-state index is 0.0212. The first-order valence-electron chi connectivity index (χ1n) is 4.46. The Morgan fingerprint density at radius 3 is 2.77 bits per heavy atom. The highest BCUT2D eigenvalue weighted by Crippen LogP contribution is 2.25.